The van der Waals surface area contributed by atoms with Gasteiger partial charge in [0.05, 0.1) is 0 Å². The van der Waals surface area contributed by atoms with Crippen molar-refractivity contribution >= 4 is 24.3 Å². The molecule has 0 bridgehead atoms. The third-order valence-electron chi connectivity index (χ3n) is 3.99. The second-order valence-corrected chi connectivity index (χ2v) is 7.75. The first-order valence-corrected chi connectivity index (χ1v) is 9.20. The van der Waals surface area contributed by atoms with Gasteiger partial charge in [-0.15, -0.1) is 11.8 Å². The van der Waals surface area contributed by atoms with E-state index in [4.69, 9.17) is 9.31 Å². The van der Waals surface area contributed by atoms with Gasteiger partial charge in [-0.2, -0.15) is 4.39 Å². The minimum absolute atomic E-state index is 0.0446. The standard InChI is InChI=1S/C18H21BFNO2S/c1-18(2)11-22-19(23-12-18)16-9-14(10-21-17(16)20)8-13-4-6-15(24-3)7-5-13/h4-7,9-10H,8,11-12H2,1-3H3. The molecule has 1 aliphatic heterocycles. The van der Waals surface area contributed by atoms with Gasteiger partial charge in [0.1, 0.15) is 0 Å². The molecule has 0 N–H and O–H groups in total. The Morgan fingerprint density at radius 3 is 2.46 bits per heavy atom. The maximum absolute atomic E-state index is 14.1. The fourth-order valence-electron chi connectivity index (χ4n) is 2.62. The maximum Gasteiger partial charge on any atom is 0.498 e. The number of hydrogen-bond acceptors (Lipinski definition) is 4. The van der Waals surface area contributed by atoms with Crippen molar-refractivity contribution in [2.75, 3.05) is 19.5 Å². The van der Waals surface area contributed by atoms with Crippen molar-refractivity contribution in [2.45, 2.75) is 25.2 Å². The SMILES string of the molecule is CSc1ccc(Cc2cnc(F)c(B3OCC(C)(C)CO3)c2)cc1. The van der Waals surface area contributed by atoms with Gasteiger partial charge >= 0.3 is 7.12 Å². The summed E-state index contributed by atoms with van der Waals surface area (Å²) in [4.78, 5) is 5.11. The van der Waals surface area contributed by atoms with Gasteiger partial charge in [-0.25, -0.2) is 4.98 Å². The Kier molecular flexibility index (Phi) is 5.28. The molecule has 0 radical (unpaired) electrons. The van der Waals surface area contributed by atoms with Crippen LogP contribution in [0.15, 0.2) is 41.4 Å². The molecule has 1 fully saturated rings. The van der Waals surface area contributed by atoms with E-state index in [1.165, 1.54) is 10.5 Å². The van der Waals surface area contributed by atoms with Crippen LogP contribution in [0, 0.1) is 11.4 Å². The molecule has 0 aliphatic carbocycles. The van der Waals surface area contributed by atoms with Gasteiger partial charge in [-0.1, -0.05) is 32.0 Å². The number of halogens is 1. The van der Waals surface area contributed by atoms with E-state index in [0.717, 1.165) is 5.56 Å². The molecular weight excluding hydrogens is 324 g/mol. The average Bonchev–Trinajstić information content (AvgIpc) is 2.58. The lowest BCUT2D eigenvalue weighted by Gasteiger charge is -2.33. The van der Waals surface area contributed by atoms with Gasteiger partial charge in [0.2, 0.25) is 5.95 Å². The topological polar surface area (TPSA) is 31.4 Å². The molecule has 1 aromatic heterocycles. The van der Waals surface area contributed by atoms with Crippen LogP contribution in [-0.2, 0) is 15.7 Å². The van der Waals surface area contributed by atoms with Crippen LogP contribution in [0.25, 0.3) is 0 Å². The molecule has 1 aliphatic rings. The van der Waals surface area contributed by atoms with Crippen molar-refractivity contribution in [3.63, 3.8) is 0 Å². The lowest BCUT2D eigenvalue weighted by molar-refractivity contribution is 0.0339. The van der Waals surface area contributed by atoms with Crippen LogP contribution in [0.2, 0.25) is 0 Å². The van der Waals surface area contributed by atoms with Crippen molar-refractivity contribution in [1.29, 1.82) is 0 Å². The van der Waals surface area contributed by atoms with E-state index in [0.29, 0.717) is 25.1 Å². The van der Waals surface area contributed by atoms with Crippen molar-refractivity contribution < 1.29 is 13.7 Å². The highest BCUT2D eigenvalue weighted by Gasteiger charge is 2.35. The lowest BCUT2D eigenvalue weighted by atomic mass is 9.76. The second-order valence-electron chi connectivity index (χ2n) is 6.87. The second kappa shape index (κ2) is 7.25. The van der Waals surface area contributed by atoms with Crippen molar-refractivity contribution in [1.82, 2.24) is 4.98 Å². The molecule has 3 rings (SSSR count). The normalized spacial score (nSPS) is 17.1. The monoisotopic (exact) mass is 345 g/mol. The summed E-state index contributed by atoms with van der Waals surface area (Å²) < 4.78 is 25.5. The third kappa shape index (κ3) is 4.18. The van der Waals surface area contributed by atoms with E-state index in [1.54, 1.807) is 24.0 Å². The summed E-state index contributed by atoms with van der Waals surface area (Å²) in [6.07, 6.45) is 4.33. The number of rotatable bonds is 4. The van der Waals surface area contributed by atoms with E-state index in [2.05, 4.69) is 49.4 Å². The Hall–Kier alpha value is -1.37. The van der Waals surface area contributed by atoms with Gasteiger partial charge < -0.3 is 9.31 Å². The number of hydrogen-bond donors (Lipinski definition) is 0. The van der Waals surface area contributed by atoms with Crippen LogP contribution in [0.1, 0.15) is 25.0 Å². The molecule has 126 valence electrons. The fourth-order valence-corrected chi connectivity index (χ4v) is 3.03. The molecule has 0 amide bonds. The molecule has 0 saturated carbocycles. The average molecular weight is 345 g/mol. The molecule has 2 aromatic rings. The quantitative estimate of drug-likeness (QED) is 0.483. The van der Waals surface area contributed by atoms with Crippen LogP contribution in [-0.4, -0.2) is 31.6 Å². The van der Waals surface area contributed by atoms with E-state index >= 15 is 0 Å². The summed E-state index contributed by atoms with van der Waals surface area (Å²) in [5, 5.41) is 0. The Morgan fingerprint density at radius 1 is 1.17 bits per heavy atom. The molecule has 0 unspecified atom stereocenters. The summed E-state index contributed by atoms with van der Waals surface area (Å²) in [5.41, 5.74) is 2.44. The largest absolute Gasteiger partial charge is 0.498 e. The number of thioether (sulfide) groups is 1. The van der Waals surface area contributed by atoms with Gasteiger partial charge in [0.15, 0.2) is 0 Å². The summed E-state index contributed by atoms with van der Waals surface area (Å²) in [6.45, 7) is 5.20. The highest BCUT2D eigenvalue weighted by Crippen LogP contribution is 2.22. The summed E-state index contributed by atoms with van der Waals surface area (Å²) in [7, 11) is -0.677. The van der Waals surface area contributed by atoms with Crippen LogP contribution < -0.4 is 5.46 Å². The smallest absolute Gasteiger partial charge is 0.407 e. The number of pyridine rings is 1. The Balaban J connectivity index is 1.76. The predicted molar refractivity (Wildman–Crippen MR) is 96.3 cm³/mol. The summed E-state index contributed by atoms with van der Waals surface area (Å²) in [5.74, 6) is -0.527. The summed E-state index contributed by atoms with van der Waals surface area (Å²) >= 11 is 1.71. The van der Waals surface area contributed by atoms with Crippen molar-refractivity contribution in [3.05, 3.63) is 53.6 Å². The minimum atomic E-state index is -0.677. The van der Waals surface area contributed by atoms with Crippen LogP contribution in [0.5, 0.6) is 0 Å². The van der Waals surface area contributed by atoms with Crippen LogP contribution >= 0.6 is 11.8 Å². The van der Waals surface area contributed by atoms with Gasteiger partial charge in [-0.3, -0.25) is 0 Å². The fraction of sp³-hybridized carbons (Fsp3) is 0.389. The zero-order chi connectivity index (χ0) is 17.2. The summed E-state index contributed by atoms with van der Waals surface area (Å²) in [6, 6.07) is 10.2. The van der Waals surface area contributed by atoms with Gasteiger partial charge in [-0.05, 0) is 35.9 Å². The lowest BCUT2D eigenvalue weighted by Crippen LogP contribution is -2.48. The molecular formula is C18H21BFNO2S. The van der Waals surface area contributed by atoms with E-state index < -0.39 is 13.1 Å². The van der Waals surface area contributed by atoms with Crippen LogP contribution in [0.3, 0.4) is 0 Å². The predicted octanol–water partition coefficient (Wildman–Crippen LogP) is 3.30. The number of benzene rings is 1. The first kappa shape index (κ1) is 17.5. The van der Waals surface area contributed by atoms with Crippen molar-refractivity contribution in [3.8, 4) is 0 Å². The molecule has 3 nitrogen and oxygen atoms in total. The van der Waals surface area contributed by atoms with Gasteiger partial charge in [0, 0.05) is 35.2 Å². The Morgan fingerprint density at radius 2 is 1.83 bits per heavy atom. The molecule has 0 spiro atoms. The molecule has 24 heavy (non-hydrogen) atoms. The highest BCUT2D eigenvalue weighted by molar-refractivity contribution is 7.98. The minimum Gasteiger partial charge on any atom is -0.407 e. The molecule has 1 saturated heterocycles. The van der Waals surface area contributed by atoms with E-state index in [-0.39, 0.29) is 5.41 Å². The van der Waals surface area contributed by atoms with E-state index in [9.17, 15) is 4.39 Å². The van der Waals surface area contributed by atoms with Gasteiger partial charge in [0.25, 0.3) is 0 Å². The molecule has 0 atom stereocenters. The Bertz CT molecular complexity index is 699. The zero-order valence-electron chi connectivity index (χ0n) is 14.2. The Labute approximate surface area is 147 Å². The highest BCUT2D eigenvalue weighted by atomic mass is 32.2. The zero-order valence-corrected chi connectivity index (χ0v) is 15.0. The molecule has 1 aromatic carbocycles. The molecule has 2 heterocycles. The third-order valence-corrected chi connectivity index (χ3v) is 4.74. The van der Waals surface area contributed by atoms with Crippen LogP contribution in [0.4, 0.5) is 4.39 Å². The number of aromatic nitrogens is 1. The first-order valence-electron chi connectivity index (χ1n) is 7.97. The maximum atomic E-state index is 14.1. The van der Waals surface area contributed by atoms with E-state index in [1.807, 2.05) is 0 Å². The first-order chi connectivity index (χ1) is 11.5. The molecule has 6 heteroatoms. The number of nitrogens with zero attached hydrogens (tertiary/aromatic N) is 1. The van der Waals surface area contributed by atoms with Crippen molar-refractivity contribution in [2.24, 2.45) is 5.41 Å².